The van der Waals surface area contributed by atoms with Crippen LogP contribution in [-0.4, -0.2) is 78.9 Å². The SMILES string of the molecule is CNc1nc([C@H]2CCCN2C(=O)[C@H](O)[C@@H](O)C(=O)N[C@H](C)c2ccc(N3C=CCN3)cc2)c(S(C)(=O)=O)s1. The Kier molecular flexibility index (Phi) is 8.37. The van der Waals surface area contributed by atoms with Crippen LogP contribution in [0.4, 0.5) is 10.8 Å². The topological polar surface area (TPSA) is 164 Å². The molecule has 1 aromatic carbocycles. The molecule has 0 spiro atoms. The number of hydrogen-bond acceptors (Lipinski definition) is 11. The fourth-order valence-electron chi connectivity index (χ4n) is 4.51. The van der Waals surface area contributed by atoms with Crippen LogP contribution < -0.4 is 21.1 Å². The van der Waals surface area contributed by atoms with E-state index in [1.807, 2.05) is 41.6 Å². The molecule has 1 aromatic heterocycles. The minimum atomic E-state index is -3.61. The minimum Gasteiger partial charge on any atom is -0.380 e. The number of sulfone groups is 1. The third-order valence-electron chi connectivity index (χ3n) is 6.51. The Hall–Kier alpha value is -3.04. The van der Waals surface area contributed by atoms with E-state index in [0.29, 0.717) is 18.0 Å². The molecule has 3 heterocycles. The summed E-state index contributed by atoms with van der Waals surface area (Å²) >= 11 is 0.966. The molecule has 14 heteroatoms. The molecule has 4 atom stereocenters. The van der Waals surface area contributed by atoms with Crippen LogP contribution in [0.2, 0.25) is 0 Å². The largest absolute Gasteiger partial charge is 0.380 e. The molecule has 0 radical (unpaired) electrons. The van der Waals surface area contributed by atoms with Gasteiger partial charge in [-0.3, -0.25) is 14.6 Å². The Morgan fingerprint density at radius 2 is 1.92 bits per heavy atom. The first-order valence-corrected chi connectivity index (χ1v) is 14.9. The summed E-state index contributed by atoms with van der Waals surface area (Å²) in [5.41, 5.74) is 5.07. The van der Waals surface area contributed by atoms with Crippen molar-refractivity contribution in [2.75, 3.05) is 36.7 Å². The number of amides is 2. The van der Waals surface area contributed by atoms with E-state index >= 15 is 0 Å². The van der Waals surface area contributed by atoms with E-state index in [2.05, 4.69) is 21.0 Å². The number of nitrogens with one attached hydrogen (secondary N) is 3. The lowest BCUT2D eigenvalue weighted by Crippen LogP contribution is -2.51. The number of anilines is 2. The number of aliphatic hydroxyl groups excluding tert-OH is 2. The quantitative estimate of drug-likeness (QED) is 0.293. The lowest BCUT2D eigenvalue weighted by Gasteiger charge is -2.28. The van der Waals surface area contributed by atoms with Gasteiger partial charge >= 0.3 is 0 Å². The van der Waals surface area contributed by atoms with Crippen molar-refractivity contribution in [1.82, 2.24) is 20.6 Å². The molecular weight excluding hydrogens is 532 g/mol. The number of carbonyl (C=O) groups excluding carboxylic acids is 2. The molecule has 2 aromatic rings. The van der Waals surface area contributed by atoms with Crippen LogP contribution >= 0.6 is 11.3 Å². The van der Waals surface area contributed by atoms with Gasteiger partial charge in [0, 0.05) is 32.6 Å². The number of rotatable bonds is 9. The summed E-state index contributed by atoms with van der Waals surface area (Å²) in [6, 6.07) is 6.24. The van der Waals surface area contributed by atoms with Crippen LogP contribution in [0.1, 0.15) is 43.1 Å². The van der Waals surface area contributed by atoms with E-state index < -0.39 is 45.9 Å². The Bertz CT molecular complexity index is 1310. The zero-order chi connectivity index (χ0) is 27.6. The molecule has 2 amide bonds. The van der Waals surface area contributed by atoms with Crippen LogP contribution in [0.3, 0.4) is 0 Å². The number of thiazole rings is 1. The van der Waals surface area contributed by atoms with E-state index in [1.165, 1.54) is 4.90 Å². The van der Waals surface area contributed by atoms with Crippen molar-refractivity contribution < 1.29 is 28.2 Å². The van der Waals surface area contributed by atoms with E-state index in [0.717, 1.165) is 35.4 Å². The van der Waals surface area contributed by atoms with E-state index in [4.69, 9.17) is 0 Å². The highest BCUT2D eigenvalue weighted by Gasteiger charge is 2.41. The maximum absolute atomic E-state index is 13.2. The Labute approximate surface area is 225 Å². The van der Waals surface area contributed by atoms with Gasteiger partial charge in [0.1, 0.15) is 4.21 Å². The predicted octanol–water partition coefficient (Wildman–Crippen LogP) is 0.689. The van der Waals surface area contributed by atoms with Crippen molar-refractivity contribution >= 4 is 43.8 Å². The predicted molar refractivity (Wildman–Crippen MR) is 143 cm³/mol. The van der Waals surface area contributed by atoms with Gasteiger partial charge in [0.05, 0.1) is 23.5 Å². The zero-order valence-electron chi connectivity index (χ0n) is 21.3. The lowest BCUT2D eigenvalue weighted by atomic mass is 10.1. The van der Waals surface area contributed by atoms with Crippen molar-refractivity contribution in [1.29, 1.82) is 0 Å². The molecule has 4 rings (SSSR count). The zero-order valence-corrected chi connectivity index (χ0v) is 22.9. The summed E-state index contributed by atoms with van der Waals surface area (Å²) in [5, 5.41) is 28.9. The standard InChI is InChI=1S/C24H32N6O6S2/c1-14(15-7-9-16(10-8-15)30-13-5-11-26-30)27-21(33)19(31)20(32)22(34)29-12-4-6-17(29)18-23(38(3,35)36)37-24(25-2)28-18/h5,7-10,13-14,17,19-20,26,31-32H,4,6,11-12H2,1-3H3,(H,25,28)(H,27,33)/t14-,17-,19-,20-/m1/s1. The number of benzene rings is 1. The Morgan fingerprint density at radius 3 is 2.53 bits per heavy atom. The van der Waals surface area contributed by atoms with Crippen LogP contribution in [0.5, 0.6) is 0 Å². The molecule has 5 N–H and O–H groups in total. The first-order chi connectivity index (χ1) is 18.0. The summed E-state index contributed by atoms with van der Waals surface area (Å²) < 4.78 is 24.7. The summed E-state index contributed by atoms with van der Waals surface area (Å²) in [7, 11) is -2.00. The average Bonchev–Trinajstić information content (AvgIpc) is 3.67. The van der Waals surface area contributed by atoms with Gasteiger partial charge in [-0.05, 0) is 37.5 Å². The number of likely N-dealkylation sites (tertiary alicyclic amines) is 1. The van der Waals surface area contributed by atoms with Crippen molar-refractivity contribution in [3.05, 3.63) is 47.8 Å². The smallest absolute Gasteiger partial charge is 0.255 e. The van der Waals surface area contributed by atoms with Gasteiger partial charge in [-0.25, -0.2) is 18.8 Å². The fourth-order valence-corrected chi connectivity index (χ4v) is 6.62. The number of carbonyl (C=O) groups is 2. The van der Waals surface area contributed by atoms with E-state index in [9.17, 15) is 28.2 Å². The highest BCUT2D eigenvalue weighted by atomic mass is 32.2. The van der Waals surface area contributed by atoms with Gasteiger partial charge in [0.2, 0.25) is 0 Å². The molecule has 2 aliphatic rings. The minimum absolute atomic E-state index is 0.0377. The Balaban J connectivity index is 1.42. The van der Waals surface area contributed by atoms with Crippen molar-refractivity contribution in [3.8, 4) is 0 Å². The second-order valence-corrected chi connectivity index (χ2v) is 12.4. The fraction of sp³-hybridized carbons (Fsp3) is 0.458. The maximum atomic E-state index is 13.2. The highest BCUT2D eigenvalue weighted by molar-refractivity contribution is 7.92. The Morgan fingerprint density at radius 1 is 1.21 bits per heavy atom. The molecular formula is C24H32N6O6S2. The van der Waals surface area contributed by atoms with E-state index in [1.54, 1.807) is 14.0 Å². The third-order valence-corrected chi connectivity index (χ3v) is 9.43. The summed E-state index contributed by atoms with van der Waals surface area (Å²) in [6.45, 7) is 2.70. The van der Waals surface area contributed by atoms with Crippen molar-refractivity contribution in [2.45, 2.75) is 48.3 Å². The second-order valence-electron chi connectivity index (χ2n) is 9.23. The third kappa shape index (κ3) is 5.83. The molecule has 206 valence electrons. The van der Waals surface area contributed by atoms with Crippen molar-refractivity contribution in [2.24, 2.45) is 0 Å². The lowest BCUT2D eigenvalue weighted by molar-refractivity contribution is -0.154. The summed E-state index contributed by atoms with van der Waals surface area (Å²) in [4.78, 5) is 31.5. The first-order valence-electron chi connectivity index (χ1n) is 12.2. The molecule has 1 saturated heterocycles. The maximum Gasteiger partial charge on any atom is 0.255 e. The molecule has 0 aliphatic carbocycles. The van der Waals surface area contributed by atoms with Crippen LogP contribution in [0.25, 0.3) is 0 Å². The van der Waals surface area contributed by atoms with E-state index in [-0.39, 0.29) is 16.4 Å². The average molecular weight is 565 g/mol. The number of hydrazine groups is 1. The van der Waals surface area contributed by atoms with Crippen LogP contribution in [-0.2, 0) is 19.4 Å². The number of aromatic nitrogens is 1. The summed E-state index contributed by atoms with van der Waals surface area (Å²) in [5.74, 6) is -1.76. The van der Waals surface area contributed by atoms with Crippen molar-refractivity contribution in [3.63, 3.8) is 0 Å². The van der Waals surface area contributed by atoms with Gasteiger partial charge < -0.3 is 25.7 Å². The van der Waals surface area contributed by atoms with Gasteiger partial charge in [0.15, 0.2) is 27.2 Å². The molecule has 0 bridgehead atoms. The second kappa shape index (κ2) is 11.4. The molecule has 12 nitrogen and oxygen atoms in total. The van der Waals surface area contributed by atoms with Gasteiger partial charge in [-0.15, -0.1) is 0 Å². The highest BCUT2D eigenvalue weighted by Crippen LogP contribution is 2.39. The number of hydrogen-bond donors (Lipinski definition) is 5. The van der Waals surface area contributed by atoms with Crippen LogP contribution in [0, 0.1) is 0 Å². The normalized spacial score (nSPS) is 19.9. The molecule has 38 heavy (non-hydrogen) atoms. The first kappa shape index (κ1) is 28.0. The van der Waals surface area contributed by atoms with Gasteiger partial charge in [-0.1, -0.05) is 29.5 Å². The van der Waals surface area contributed by atoms with Gasteiger partial charge in [-0.2, -0.15) is 0 Å². The number of aliphatic hydroxyl groups is 2. The molecule has 0 unspecified atom stereocenters. The monoisotopic (exact) mass is 564 g/mol. The molecule has 1 fully saturated rings. The molecule has 0 saturated carbocycles. The van der Waals surface area contributed by atoms with Crippen LogP contribution in [0.15, 0.2) is 40.8 Å². The summed E-state index contributed by atoms with van der Waals surface area (Å²) in [6.07, 6.45) is 1.92. The molecule has 2 aliphatic heterocycles. The number of nitrogens with zero attached hydrogens (tertiary/aromatic N) is 3. The van der Waals surface area contributed by atoms with Gasteiger partial charge in [0.25, 0.3) is 11.8 Å².